The van der Waals surface area contributed by atoms with Gasteiger partial charge >= 0.3 is 0 Å². The smallest absolute Gasteiger partial charge is 0.196 e. The lowest BCUT2D eigenvalue weighted by atomic mass is 10.2. The minimum absolute atomic E-state index is 0.962. The predicted octanol–water partition coefficient (Wildman–Crippen LogP) is 5.03. The monoisotopic (exact) mass is 315 g/mol. The van der Waals surface area contributed by atoms with Crippen molar-refractivity contribution in [3.63, 3.8) is 0 Å². The molecule has 0 unspecified atom stereocenters. The molecule has 0 amide bonds. The highest BCUT2D eigenvalue weighted by atomic mass is 32.1. The Labute approximate surface area is 137 Å². The summed E-state index contributed by atoms with van der Waals surface area (Å²) in [5, 5.41) is 5.56. The van der Waals surface area contributed by atoms with Crippen LogP contribution < -0.4 is 0 Å². The van der Waals surface area contributed by atoms with Crippen LogP contribution in [-0.2, 0) is 0 Å². The summed E-state index contributed by atoms with van der Waals surface area (Å²) in [4.78, 5) is 4.84. The van der Waals surface area contributed by atoms with E-state index in [1.807, 2.05) is 0 Å². The number of rotatable bonds is 2. The first-order valence-electron chi connectivity index (χ1n) is 7.49. The van der Waals surface area contributed by atoms with E-state index in [0.29, 0.717) is 0 Å². The average molecular weight is 315 g/mol. The molecule has 3 aromatic heterocycles. The zero-order valence-corrected chi connectivity index (χ0v) is 13.1. The molecule has 0 radical (unpaired) electrons. The summed E-state index contributed by atoms with van der Waals surface area (Å²) in [6, 6.07) is 21.0. The highest BCUT2D eigenvalue weighted by molar-refractivity contribution is 7.12. The van der Waals surface area contributed by atoms with Crippen LogP contribution in [0, 0.1) is 0 Å². The van der Waals surface area contributed by atoms with Crippen LogP contribution >= 0.6 is 11.3 Å². The second kappa shape index (κ2) is 4.83. The van der Waals surface area contributed by atoms with E-state index in [2.05, 4.69) is 87.6 Å². The number of thiazole rings is 1. The molecule has 0 aliphatic carbocycles. The van der Waals surface area contributed by atoms with Crippen LogP contribution in [0.4, 0.5) is 0 Å². The van der Waals surface area contributed by atoms with Crippen LogP contribution in [-0.4, -0.2) is 14.1 Å². The summed E-state index contributed by atoms with van der Waals surface area (Å²) in [6.07, 6.45) is 4.16. The molecule has 4 heteroatoms. The summed E-state index contributed by atoms with van der Waals surface area (Å²) in [5.74, 6) is 0.962. The lowest BCUT2D eigenvalue weighted by molar-refractivity contribution is 1.02. The number of fused-ring (bicyclic) bond motifs is 2. The SMILES string of the molecule is c1ccc2c(c1)ccn2-c1csc(-n2ccc3ccccc32)n1. The maximum Gasteiger partial charge on any atom is 0.196 e. The van der Waals surface area contributed by atoms with Crippen LogP contribution in [0.15, 0.2) is 78.4 Å². The fourth-order valence-electron chi connectivity index (χ4n) is 3.01. The van der Waals surface area contributed by atoms with Gasteiger partial charge in [0.25, 0.3) is 0 Å². The average Bonchev–Trinajstić information content (AvgIpc) is 3.31. The third-order valence-corrected chi connectivity index (χ3v) is 4.96. The Hall–Kier alpha value is -2.85. The van der Waals surface area contributed by atoms with Gasteiger partial charge in [-0.2, -0.15) is 0 Å². The Bertz CT molecular complexity index is 1040. The first-order chi connectivity index (χ1) is 11.4. The van der Waals surface area contributed by atoms with Gasteiger partial charge in [0.2, 0.25) is 0 Å². The van der Waals surface area contributed by atoms with Gasteiger partial charge in [-0.3, -0.25) is 4.57 Å². The largest absolute Gasteiger partial charge is 0.300 e. The molecule has 110 valence electrons. The van der Waals surface area contributed by atoms with Crippen LogP contribution in [0.1, 0.15) is 0 Å². The Morgan fingerprint density at radius 3 is 2.04 bits per heavy atom. The maximum absolute atomic E-state index is 4.84. The van der Waals surface area contributed by atoms with Gasteiger partial charge in [0.15, 0.2) is 10.9 Å². The number of nitrogens with zero attached hydrogens (tertiary/aromatic N) is 3. The van der Waals surface area contributed by atoms with E-state index >= 15 is 0 Å². The van der Waals surface area contributed by atoms with Crippen molar-refractivity contribution in [2.75, 3.05) is 0 Å². The Morgan fingerprint density at radius 2 is 1.30 bits per heavy atom. The standard InChI is InChI=1S/C19H13N3S/c1-3-7-16-14(5-1)9-11-21(16)18-13-23-19(20-18)22-12-10-15-6-2-4-8-17(15)22/h1-13H. The highest BCUT2D eigenvalue weighted by Crippen LogP contribution is 2.26. The summed E-state index contributed by atoms with van der Waals surface area (Å²) in [6.45, 7) is 0. The van der Waals surface area contributed by atoms with Crippen LogP contribution in [0.3, 0.4) is 0 Å². The van der Waals surface area contributed by atoms with Crippen molar-refractivity contribution in [2.24, 2.45) is 0 Å². The summed E-state index contributed by atoms with van der Waals surface area (Å²) in [7, 11) is 0. The quantitative estimate of drug-likeness (QED) is 0.448. The third kappa shape index (κ3) is 1.92. The zero-order chi connectivity index (χ0) is 15.2. The third-order valence-electron chi connectivity index (χ3n) is 4.13. The van der Waals surface area contributed by atoms with Gasteiger partial charge < -0.3 is 4.57 Å². The molecule has 0 atom stereocenters. The van der Waals surface area contributed by atoms with Crippen molar-refractivity contribution in [2.45, 2.75) is 0 Å². The van der Waals surface area contributed by atoms with Gasteiger partial charge in [0.1, 0.15) is 0 Å². The molecule has 0 aliphatic rings. The lowest BCUT2D eigenvalue weighted by Crippen LogP contribution is -1.95. The van der Waals surface area contributed by atoms with Gasteiger partial charge in [-0.15, -0.1) is 11.3 Å². The van der Waals surface area contributed by atoms with E-state index in [-0.39, 0.29) is 0 Å². The molecule has 0 aliphatic heterocycles. The van der Waals surface area contributed by atoms with Gasteiger partial charge in [-0.05, 0) is 29.7 Å². The van der Waals surface area contributed by atoms with E-state index in [1.165, 1.54) is 21.8 Å². The summed E-state index contributed by atoms with van der Waals surface area (Å²) in [5.41, 5.74) is 2.37. The van der Waals surface area contributed by atoms with Crippen molar-refractivity contribution in [1.29, 1.82) is 0 Å². The molecule has 5 aromatic rings. The summed E-state index contributed by atoms with van der Waals surface area (Å²) < 4.78 is 4.29. The molecule has 3 heterocycles. The van der Waals surface area contributed by atoms with E-state index in [9.17, 15) is 0 Å². The summed E-state index contributed by atoms with van der Waals surface area (Å²) >= 11 is 1.66. The predicted molar refractivity (Wildman–Crippen MR) is 95.8 cm³/mol. The second-order valence-electron chi connectivity index (χ2n) is 5.48. The molecular weight excluding hydrogens is 302 g/mol. The Kier molecular flexibility index (Phi) is 2.66. The molecule has 0 saturated carbocycles. The van der Waals surface area contributed by atoms with E-state index in [4.69, 9.17) is 4.98 Å². The van der Waals surface area contributed by atoms with Crippen molar-refractivity contribution in [3.05, 3.63) is 78.4 Å². The molecule has 0 spiro atoms. The fourth-order valence-corrected chi connectivity index (χ4v) is 3.81. The molecule has 0 fully saturated rings. The maximum atomic E-state index is 4.84. The topological polar surface area (TPSA) is 22.8 Å². The number of hydrogen-bond acceptors (Lipinski definition) is 2. The number of benzene rings is 2. The van der Waals surface area contributed by atoms with Crippen LogP contribution in [0.25, 0.3) is 32.8 Å². The molecule has 0 N–H and O–H groups in total. The number of aromatic nitrogens is 3. The van der Waals surface area contributed by atoms with Gasteiger partial charge in [0, 0.05) is 23.2 Å². The van der Waals surface area contributed by atoms with Crippen molar-refractivity contribution < 1.29 is 0 Å². The van der Waals surface area contributed by atoms with Crippen molar-refractivity contribution >= 4 is 33.1 Å². The second-order valence-corrected chi connectivity index (χ2v) is 6.31. The van der Waals surface area contributed by atoms with Crippen LogP contribution in [0.5, 0.6) is 0 Å². The molecule has 2 aromatic carbocycles. The normalized spacial score (nSPS) is 11.5. The van der Waals surface area contributed by atoms with Gasteiger partial charge in [0.05, 0.1) is 11.0 Å². The van der Waals surface area contributed by atoms with E-state index in [0.717, 1.165) is 10.9 Å². The zero-order valence-electron chi connectivity index (χ0n) is 12.3. The fraction of sp³-hybridized carbons (Fsp3) is 0. The minimum Gasteiger partial charge on any atom is -0.300 e. The molecule has 0 bridgehead atoms. The van der Waals surface area contributed by atoms with Crippen molar-refractivity contribution in [1.82, 2.24) is 14.1 Å². The van der Waals surface area contributed by atoms with E-state index in [1.54, 1.807) is 11.3 Å². The number of para-hydroxylation sites is 2. The van der Waals surface area contributed by atoms with Crippen LogP contribution in [0.2, 0.25) is 0 Å². The molecule has 23 heavy (non-hydrogen) atoms. The molecule has 0 saturated heterocycles. The molecule has 5 rings (SSSR count). The Morgan fingerprint density at radius 1 is 0.696 bits per heavy atom. The van der Waals surface area contributed by atoms with Gasteiger partial charge in [-0.25, -0.2) is 4.98 Å². The first kappa shape index (κ1) is 12.7. The number of hydrogen-bond donors (Lipinski definition) is 0. The van der Waals surface area contributed by atoms with Crippen molar-refractivity contribution in [3.8, 4) is 10.9 Å². The molecular formula is C19H13N3S. The Balaban J connectivity index is 1.66. The lowest BCUT2D eigenvalue weighted by Gasteiger charge is -2.02. The highest BCUT2D eigenvalue weighted by Gasteiger charge is 2.10. The molecule has 3 nitrogen and oxygen atoms in total. The van der Waals surface area contributed by atoms with Gasteiger partial charge in [-0.1, -0.05) is 36.4 Å². The first-order valence-corrected chi connectivity index (χ1v) is 8.36. The van der Waals surface area contributed by atoms with E-state index < -0.39 is 0 Å². The minimum atomic E-state index is 0.962.